The highest BCUT2D eigenvalue weighted by Crippen LogP contribution is 2.22. The van der Waals surface area contributed by atoms with Gasteiger partial charge < -0.3 is 9.64 Å². The molecule has 2 heterocycles. The topological polar surface area (TPSA) is 50.6 Å². The lowest BCUT2D eigenvalue weighted by Crippen LogP contribution is -2.48. The molecule has 1 fully saturated rings. The molecule has 0 aliphatic carbocycles. The van der Waals surface area contributed by atoms with E-state index < -0.39 is 0 Å². The van der Waals surface area contributed by atoms with Crippen molar-refractivity contribution in [3.05, 3.63) is 108 Å². The Morgan fingerprint density at radius 3 is 2.12 bits per heavy atom. The second kappa shape index (κ2) is 10.4. The fraction of sp³-hybridized carbons (Fsp3) is 0.214. The van der Waals surface area contributed by atoms with Gasteiger partial charge in [0.05, 0.1) is 0 Å². The smallest absolute Gasteiger partial charge is 0.274 e. The number of hydrogen-bond donors (Lipinski definition) is 0. The lowest BCUT2D eigenvalue weighted by Gasteiger charge is -2.34. The molecular formula is C28H28N4O2. The molecule has 3 aromatic carbocycles. The van der Waals surface area contributed by atoms with Crippen LogP contribution >= 0.6 is 0 Å². The van der Waals surface area contributed by atoms with Gasteiger partial charge in [0, 0.05) is 38.9 Å². The standard InChI is InChI=1S/C28H28N4O2/c33-28(31-19-17-30(18-20-31)21-23-7-3-1-4-8-23)27-15-16-32(29-27)22-34-26-13-11-25(12-14-26)24-9-5-2-6-10-24/h1-16H,17-22H2. The minimum absolute atomic E-state index is 0.0228. The van der Waals surface area contributed by atoms with Crippen LogP contribution in [0.25, 0.3) is 11.1 Å². The normalized spacial score (nSPS) is 14.2. The SMILES string of the molecule is O=C(c1ccn(COc2ccc(-c3ccccc3)cc2)n1)N1CCN(Cc2ccccc2)CC1. The first-order valence-corrected chi connectivity index (χ1v) is 11.6. The van der Waals surface area contributed by atoms with E-state index in [0.717, 1.165) is 30.9 Å². The van der Waals surface area contributed by atoms with Crippen LogP contribution in [0.1, 0.15) is 16.1 Å². The van der Waals surface area contributed by atoms with Crippen LogP contribution in [-0.4, -0.2) is 51.7 Å². The number of hydrogen-bond acceptors (Lipinski definition) is 4. The zero-order valence-corrected chi connectivity index (χ0v) is 19.1. The van der Waals surface area contributed by atoms with E-state index in [1.54, 1.807) is 16.9 Å². The summed E-state index contributed by atoms with van der Waals surface area (Å²) in [5.41, 5.74) is 4.07. The first-order valence-electron chi connectivity index (χ1n) is 11.6. The van der Waals surface area contributed by atoms with Gasteiger partial charge in [-0.1, -0.05) is 72.8 Å². The van der Waals surface area contributed by atoms with Crippen LogP contribution in [-0.2, 0) is 13.3 Å². The fourth-order valence-corrected chi connectivity index (χ4v) is 4.18. The van der Waals surface area contributed by atoms with Gasteiger partial charge in [-0.05, 0) is 34.9 Å². The quantitative estimate of drug-likeness (QED) is 0.413. The number of carbonyl (C=O) groups is 1. The molecular weight excluding hydrogens is 424 g/mol. The van der Waals surface area contributed by atoms with E-state index in [9.17, 15) is 4.79 Å². The summed E-state index contributed by atoms with van der Waals surface area (Å²) in [4.78, 5) is 17.2. The molecule has 0 radical (unpaired) electrons. The minimum atomic E-state index is -0.0228. The Morgan fingerprint density at radius 2 is 1.41 bits per heavy atom. The fourth-order valence-electron chi connectivity index (χ4n) is 4.18. The average Bonchev–Trinajstić information content (AvgIpc) is 3.38. The lowest BCUT2D eigenvalue weighted by atomic mass is 10.1. The molecule has 1 aromatic heterocycles. The summed E-state index contributed by atoms with van der Waals surface area (Å²) in [6, 6.07) is 30.4. The predicted octanol–water partition coefficient (Wildman–Crippen LogP) is 4.54. The first kappa shape index (κ1) is 21.9. The summed E-state index contributed by atoms with van der Waals surface area (Å²) in [5, 5.41) is 4.44. The van der Waals surface area contributed by atoms with Gasteiger partial charge in [-0.15, -0.1) is 0 Å². The van der Waals surface area contributed by atoms with E-state index >= 15 is 0 Å². The minimum Gasteiger partial charge on any atom is -0.471 e. The van der Waals surface area contributed by atoms with Crippen molar-refractivity contribution in [3.8, 4) is 16.9 Å². The maximum Gasteiger partial charge on any atom is 0.274 e. The van der Waals surface area contributed by atoms with Crippen LogP contribution in [0.4, 0.5) is 0 Å². The zero-order valence-electron chi connectivity index (χ0n) is 19.1. The maximum absolute atomic E-state index is 12.9. The molecule has 6 nitrogen and oxygen atoms in total. The van der Waals surface area contributed by atoms with E-state index in [1.165, 1.54) is 11.1 Å². The summed E-state index contributed by atoms with van der Waals surface area (Å²) < 4.78 is 7.52. The molecule has 4 aromatic rings. The molecule has 0 spiro atoms. The van der Waals surface area contributed by atoms with Crippen molar-refractivity contribution < 1.29 is 9.53 Å². The van der Waals surface area contributed by atoms with Gasteiger partial charge in [0.25, 0.3) is 5.91 Å². The number of nitrogens with zero attached hydrogens (tertiary/aromatic N) is 4. The molecule has 1 aliphatic heterocycles. The Bertz CT molecular complexity index is 1200. The Morgan fingerprint density at radius 1 is 0.765 bits per heavy atom. The predicted molar refractivity (Wildman–Crippen MR) is 132 cm³/mol. The monoisotopic (exact) mass is 452 g/mol. The highest BCUT2D eigenvalue weighted by atomic mass is 16.5. The number of aromatic nitrogens is 2. The third-order valence-electron chi connectivity index (χ3n) is 6.09. The molecule has 172 valence electrons. The van der Waals surface area contributed by atoms with Crippen LogP contribution in [0.2, 0.25) is 0 Å². The number of piperazine rings is 1. The highest BCUT2D eigenvalue weighted by Gasteiger charge is 2.23. The third-order valence-corrected chi connectivity index (χ3v) is 6.09. The van der Waals surface area contributed by atoms with Crippen molar-refractivity contribution in [2.24, 2.45) is 0 Å². The molecule has 34 heavy (non-hydrogen) atoms. The van der Waals surface area contributed by atoms with Crippen LogP contribution in [0.15, 0.2) is 97.2 Å². The molecule has 0 unspecified atom stereocenters. The molecule has 0 saturated carbocycles. The summed E-state index contributed by atoms with van der Waals surface area (Å²) in [5.74, 6) is 0.739. The lowest BCUT2D eigenvalue weighted by molar-refractivity contribution is 0.0621. The van der Waals surface area contributed by atoms with Gasteiger partial charge in [-0.3, -0.25) is 9.69 Å². The number of rotatable bonds is 7. The van der Waals surface area contributed by atoms with Crippen molar-refractivity contribution in [1.29, 1.82) is 0 Å². The average molecular weight is 453 g/mol. The largest absolute Gasteiger partial charge is 0.471 e. The van der Waals surface area contributed by atoms with Crippen LogP contribution in [0, 0.1) is 0 Å². The number of benzene rings is 3. The van der Waals surface area contributed by atoms with E-state index in [0.29, 0.717) is 18.8 Å². The number of ether oxygens (including phenoxy) is 1. The second-order valence-electron chi connectivity index (χ2n) is 8.46. The van der Waals surface area contributed by atoms with Crippen molar-refractivity contribution >= 4 is 5.91 Å². The highest BCUT2D eigenvalue weighted by molar-refractivity contribution is 5.92. The maximum atomic E-state index is 12.9. The molecule has 1 aliphatic rings. The molecule has 6 heteroatoms. The summed E-state index contributed by atoms with van der Waals surface area (Å²) in [6.45, 7) is 4.32. The van der Waals surface area contributed by atoms with Crippen molar-refractivity contribution in [3.63, 3.8) is 0 Å². The second-order valence-corrected chi connectivity index (χ2v) is 8.46. The van der Waals surface area contributed by atoms with Gasteiger partial charge in [0.2, 0.25) is 0 Å². The Balaban J connectivity index is 1.11. The van der Waals surface area contributed by atoms with E-state index in [1.807, 2.05) is 53.4 Å². The first-order chi connectivity index (χ1) is 16.7. The van der Waals surface area contributed by atoms with Crippen LogP contribution in [0.5, 0.6) is 5.75 Å². The molecule has 0 bridgehead atoms. The zero-order chi connectivity index (χ0) is 23.2. The Kier molecular flexibility index (Phi) is 6.68. The summed E-state index contributed by atoms with van der Waals surface area (Å²) >= 11 is 0. The van der Waals surface area contributed by atoms with Crippen molar-refractivity contribution in [1.82, 2.24) is 19.6 Å². The summed E-state index contributed by atoms with van der Waals surface area (Å²) in [7, 11) is 0. The van der Waals surface area contributed by atoms with Gasteiger partial charge in [-0.25, -0.2) is 4.68 Å². The van der Waals surface area contributed by atoms with Crippen molar-refractivity contribution in [2.45, 2.75) is 13.3 Å². The number of amides is 1. The van der Waals surface area contributed by atoms with Gasteiger partial charge in [0.15, 0.2) is 12.4 Å². The van der Waals surface area contributed by atoms with Crippen molar-refractivity contribution in [2.75, 3.05) is 26.2 Å². The van der Waals surface area contributed by atoms with Gasteiger partial charge in [-0.2, -0.15) is 5.10 Å². The van der Waals surface area contributed by atoms with Gasteiger partial charge in [0.1, 0.15) is 5.75 Å². The summed E-state index contributed by atoms with van der Waals surface area (Å²) in [6.07, 6.45) is 1.79. The Labute approximate surface area is 200 Å². The molecule has 5 rings (SSSR count). The third kappa shape index (κ3) is 5.35. The van der Waals surface area contributed by atoms with E-state index in [2.05, 4.69) is 46.4 Å². The Hall–Kier alpha value is -3.90. The number of carbonyl (C=O) groups excluding carboxylic acids is 1. The van der Waals surface area contributed by atoms with Crippen LogP contribution in [0.3, 0.4) is 0 Å². The van der Waals surface area contributed by atoms with E-state index in [-0.39, 0.29) is 12.6 Å². The molecule has 0 N–H and O–H groups in total. The molecule has 0 atom stereocenters. The molecule has 1 saturated heterocycles. The van der Waals surface area contributed by atoms with Gasteiger partial charge >= 0.3 is 0 Å². The van der Waals surface area contributed by atoms with E-state index in [4.69, 9.17) is 4.74 Å². The van der Waals surface area contributed by atoms with Crippen LogP contribution < -0.4 is 4.74 Å². The molecule has 1 amide bonds.